The Balaban J connectivity index is 0.00000338. The molecule has 0 unspecified atom stereocenters. The van der Waals surface area contributed by atoms with E-state index in [0.717, 1.165) is 30.5 Å². The van der Waals surface area contributed by atoms with Crippen LogP contribution in [-0.2, 0) is 19.6 Å². The summed E-state index contributed by atoms with van der Waals surface area (Å²) in [7, 11) is 5.91. The van der Waals surface area contributed by atoms with Gasteiger partial charge in [0.15, 0.2) is 11.7 Å². The zero-order valence-corrected chi connectivity index (χ0v) is 18.6. The second-order valence-electron chi connectivity index (χ2n) is 6.71. The van der Waals surface area contributed by atoms with Gasteiger partial charge in [-0.05, 0) is 31.1 Å². The van der Waals surface area contributed by atoms with Gasteiger partial charge in [0.1, 0.15) is 0 Å². The van der Waals surface area contributed by atoms with Crippen molar-refractivity contribution >= 4 is 29.9 Å². The van der Waals surface area contributed by atoms with Gasteiger partial charge >= 0.3 is 0 Å². The number of rotatable bonds is 7. The lowest BCUT2D eigenvalue weighted by Gasteiger charge is -2.12. The highest BCUT2D eigenvalue weighted by Gasteiger charge is 2.08. The van der Waals surface area contributed by atoms with Crippen molar-refractivity contribution in [2.75, 3.05) is 21.1 Å². The number of aliphatic imine (C=N–C) groups is 1. The number of hydrogen-bond acceptors (Lipinski definition) is 4. The second-order valence-corrected chi connectivity index (χ2v) is 6.71. The van der Waals surface area contributed by atoms with E-state index in [1.54, 1.807) is 7.05 Å². The van der Waals surface area contributed by atoms with Crippen LogP contribution >= 0.6 is 24.0 Å². The molecule has 6 nitrogen and oxygen atoms in total. The first-order valence-electron chi connectivity index (χ1n) is 8.60. The highest BCUT2D eigenvalue weighted by Crippen LogP contribution is 2.13. The summed E-state index contributed by atoms with van der Waals surface area (Å²) in [6.45, 7) is 6.42. The number of nitrogens with zero attached hydrogens (tertiary/aromatic N) is 3. The van der Waals surface area contributed by atoms with Crippen LogP contribution in [0.2, 0.25) is 0 Å². The largest absolute Gasteiger partial charge is 0.359 e. The fraction of sp³-hybridized carbons (Fsp3) is 0.474. The topological polar surface area (TPSA) is 65.7 Å². The van der Waals surface area contributed by atoms with E-state index in [-0.39, 0.29) is 24.0 Å². The quantitative estimate of drug-likeness (QED) is 0.369. The van der Waals surface area contributed by atoms with E-state index in [0.29, 0.717) is 12.5 Å². The molecule has 1 heterocycles. The maximum Gasteiger partial charge on any atom is 0.191 e. The highest BCUT2D eigenvalue weighted by atomic mass is 127. The Morgan fingerprint density at radius 2 is 1.73 bits per heavy atom. The van der Waals surface area contributed by atoms with Crippen LogP contribution in [0.25, 0.3) is 0 Å². The predicted molar refractivity (Wildman–Crippen MR) is 117 cm³/mol. The van der Waals surface area contributed by atoms with Crippen LogP contribution in [0.3, 0.4) is 0 Å². The van der Waals surface area contributed by atoms with Gasteiger partial charge in [0, 0.05) is 26.2 Å². The van der Waals surface area contributed by atoms with Gasteiger partial charge in [0.05, 0.1) is 12.2 Å². The molecular weight excluding hydrogens is 441 g/mol. The molecule has 1 aromatic carbocycles. The molecule has 0 atom stereocenters. The number of nitrogens with one attached hydrogen (secondary N) is 2. The fourth-order valence-electron chi connectivity index (χ4n) is 2.39. The summed E-state index contributed by atoms with van der Waals surface area (Å²) in [5.41, 5.74) is 3.49. The van der Waals surface area contributed by atoms with E-state index >= 15 is 0 Å². The summed E-state index contributed by atoms with van der Waals surface area (Å²) in [5, 5.41) is 10.6. The lowest BCUT2D eigenvalue weighted by molar-refractivity contribution is 0.372. The molecule has 2 aromatic rings. The van der Waals surface area contributed by atoms with E-state index in [1.807, 2.05) is 6.07 Å². The van der Waals surface area contributed by atoms with Crippen molar-refractivity contribution in [1.29, 1.82) is 0 Å². The van der Waals surface area contributed by atoms with Crippen LogP contribution in [0.5, 0.6) is 0 Å². The summed E-state index contributed by atoms with van der Waals surface area (Å²) < 4.78 is 5.33. The van der Waals surface area contributed by atoms with E-state index in [4.69, 9.17) is 4.52 Å². The molecule has 0 aliphatic carbocycles. The summed E-state index contributed by atoms with van der Waals surface area (Å²) in [5.74, 6) is 1.91. The normalized spacial score (nSPS) is 11.6. The molecule has 2 rings (SSSR count). The van der Waals surface area contributed by atoms with E-state index in [9.17, 15) is 0 Å². The average Bonchev–Trinajstić information content (AvgIpc) is 3.05. The Labute approximate surface area is 173 Å². The Hall–Kier alpha value is -1.61. The standard InChI is InChI=1S/C19H29N5O.HI/c1-14(2)18-10-17(25-23-18)12-22-19(20-3)21-11-15-6-8-16(9-7-15)13-24(4)5;/h6-10,14H,11-13H2,1-5H3,(H2,20,21,22);1H. The Bertz CT molecular complexity index is 679. The van der Waals surface area contributed by atoms with Crippen molar-refractivity contribution in [2.24, 2.45) is 4.99 Å². The minimum Gasteiger partial charge on any atom is -0.359 e. The molecule has 0 spiro atoms. The van der Waals surface area contributed by atoms with Gasteiger partial charge in [0.2, 0.25) is 0 Å². The maximum absolute atomic E-state index is 5.33. The zero-order valence-electron chi connectivity index (χ0n) is 16.2. The Morgan fingerprint density at radius 3 is 2.27 bits per heavy atom. The number of benzene rings is 1. The summed E-state index contributed by atoms with van der Waals surface area (Å²) in [6, 6.07) is 10.6. The summed E-state index contributed by atoms with van der Waals surface area (Å²) in [6.07, 6.45) is 0. The van der Waals surface area contributed by atoms with Crippen LogP contribution in [0.4, 0.5) is 0 Å². The van der Waals surface area contributed by atoms with Gasteiger partial charge in [-0.1, -0.05) is 43.3 Å². The van der Waals surface area contributed by atoms with Gasteiger partial charge < -0.3 is 20.1 Å². The molecule has 7 heteroatoms. The summed E-state index contributed by atoms with van der Waals surface area (Å²) in [4.78, 5) is 6.40. The monoisotopic (exact) mass is 471 g/mol. The van der Waals surface area contributed by atoms with Gasteiger partial charge in [-0.3, -0.25) is 4.99 Å². The van der Waals surface area contributed by atoms with Crippen molar-refractivity contribution in [2.45, 2.75) is 39.4 Å². The van der Waals surface area contributed by atoms with E-state index in [2.05, 4.69) is 77.9 Å². The molecule has 0 saturated heterocycles. The molecule has 0 aliphatic heterocycles. The minimum absolute atomic E-state index is 0. The second kappa shape index (κ2) is 11.2. The van der Waals surface area contributed by atoms with Gasteiger partial charge in [-0.15, -0.1) is 24.0 Å². The van der Waals surface area contributed by atoms with Crippen molar-refractivity contribution in [3.8, 4) is 0 Å². The first-order chi connectivity index (χ1) is 12.0. The average molecular weight is 471 g/mol. The molecule has 0 bridgehead atoms. The van der Waals surface area contributed by atoms with E-state index < -0.39 is 0 Å². The number of hydrogen-bond donors (Lipinski definition) is 2. The molecule has 1 aromatic heterocycles. The zero-order chi connectivity index (χ0) is 18.2. The van der Waals surface area contributed by atoms with Crippen LogP contribution in [0.15, 0.2) is 39.8 Å². The summed E-state index contributed by atoms with van der Waals surface area (Å²) >= 11 is 0. The lowest BCUT2D eigenvalue weighted by atomic mass is 10.1. The van der Waals surface area contributed by atoms with E-state index in [1.165, 1.54) is 11.1 Å². The maximum atomic E-state index is 5.33. The first kappa shape index (κ1) is 22.4. The van der Waals surface area contributed by atoms with Crippen LogP contribution < -0.4 is 10.6 Å². The Kier molecular flexibility index (Phi) is 9.64. The van der Waals surface area contributed by atoms with Crippen molar-refractivity contribution in [3.05, 3.63) is 52.9 Å². The lowest BCUT2D eigenvalue weighted by Crippen LogP contribution is -2.36. The van der Waals surface area contributed by atoms with Gasteiger partial charge in [-0.2, -0.15) is 0 Å². The van der Waals surface area contributed by atoms with Crippen LogP contribution in [0, 0.1) is 0 Å². The first-order valence-corrected chi connectivity index (χ1v) is 8.60. The SMILES string of the molecule is CN=C(NCc1ccc(CN(C)C)cc1)NCc1cc(C(C)C)no1.I. The van der Waals surface area contributed by atoms with Crippen molar-refractivity contribution < 1.29 is 4.52 Å². The number of guanidine groups is 1. The molecular formula is C19H30IN5O. The van der Waals surface area contributed by atoms with Crippen molar-refractivity contribution in [3.63, 3.8) is 0 Å². The van der Waals surface area contributed by atoms with Crippen LogP contribution in [-0.4, -0.2) is 37.2 Å². The Morgan fingerprint density at radius 1 is 1.12 bits per heavy atom. The molecule has 0 saturated carbocycles. The molecule has 0 radical (unpaired) electrons. The molecule has 0 amide bonds. The van der Waals surface area contributed by atoms with Gasteiger partial charge in [-0.25, -0.2) is 0 Å². The molecule has 2 N–H and O–H groups in total. The third-order valence-electron chi connectivity index (χ3n) is 3.80. The molecule has 0 aliphatic rings. The minimum atomic E-state index is 0. The fourth-order valence-corrected chi connectivity index (χ4v) is 2.39. The highest BCUT2D eigenvalue weighted by molar-refractivity contribution is 14.0. The van der Waals surface area contributed by atoms with Crippen LogP contribution in [0.1, 0.15) is 42.3 Å². The number of halogens is 1. The molecule has 0 fully saturated rings. The van der Waals surface area contributed by atoms with Gasteiger partial charge in [0.25, 0.3) is 0 Å². The predicted octanol–water partition coefficient (Wildman–Crippen LogP) is 3.34. The molecule has 26 heavy (non-hydrogen) atoms. The number of aromatic nitrogens is 1. The third-order valence-corrected chi connectivity index (χ3v) is 3.80. The van der Waals surface area contributed by atoms with Crippen molar-refractivity contribution in [1.82, 2.24) is 20.7 Å². The molecule has 144 valence electrons. The third kappa shape index (κ3) is 7.33. The smallest absolute Gasteiger partial charge is 0.191 e.